The van der Waals surface area contributed by atoms with E-state index in [0.717, 1.165) is 0 Å². The first-order valence-electron chi connectivity index (χ1n) is 5.43. The molecule has 1 aliphatic heterocycles. The molecule has 104 valence electrons. The Morgan fingerprint density at radius 1 is 1.53 bits per heavy atom. The summed E-state index contributed by atoms with van der Waals surface area (Å²) in [5.41, 5.74) is -1.85. The van der Waals surface area contributed by atoms with Gasteiger partial charge in [-0.05, 0) is 12.5 Å². The summed E-state index contributed by atoms with van der Waals surface area (Å²) in [5, 5.41) is 20.2. The lowest BCUT2D eigenvalue weighted by atomic mass is 10.2. The molecule has 9 heteroatoms. The van der Waals surface area contributed by atoms with Crippen LogP contribution in [0.3, 0.4) is 0 Å². The van der Waals surface area contributed by atoms with Crippen molar-refractivity contribution in [1.82, 2.24) is 4.98 Å². The zero-order chi connectivity index (χ0) is 14.2. The van der Waals surface area contributed by atoms with E-state index in [1.54, 1.807) is 0 Å². The van der Waals surface area contributed by atoms with Crippen LogP contribution in [0.2, 0.25) is 0 Å². The van der Waals surface area contributed by atoms with E-state index in [4.69, 9.17) is 0 Å². The van der Waals surface area contributed by atoms with Crippen molar-refractivity contribution < 1.29 is 23.2 Å². The number of aromatic nitrogens is 1. The van der Waals surface area contributed by atoms with Crippen LogP contribution in [0.5, 0.6) is 0 Å². The van der Waals surface area contributed by atoms with Crippen LogP contribution in [0.15, 0.2) is 12.3 Å². The standard InChI is InChI=1S/C10H10F3N3O3/c11-10(12,13)9-3-7(8(4-14-9)16(18)19)15-2-1-6(17)5-15/h3-4,6,17H,1-2,5H2/t6-/m0/s1. The van der Waals surface area contributed by atoms with E-state index in [0.29, 0.717) is 18.7 Å². The lowest BCUT2D eigenvalue weighted by molar-refractivity contribution is -0.384. The van der Waals surface area contributed by atoms with Crippen molar-refractivity contribution in [3.05, 3.63) is 28.1 Å². The number of rotatable bonds is 2. The van der Waals surface area contributed by atoms with Crippen molar-refractivity contribution in [3.8, 4) is 0 Å². The third-order valence-electron chi connectivity index (χ3n) is 2.85. The molecule has 0 spiro atoms. The first-order chi connectivity index (χ1) is 8.79. The fourth-order valence-corrected chi connectivity index (χ4v) is 1.95. The molecule has 6 nitrogen and oxygen atoms in total. The smallest absolute Gasteiger partial charge is 0.391 e. The molecule has 1 fully saturated rings. The summed E-state index contributed by atoms with van der Waals surface area (Å²) in [6.45, 7) is 0.339. The average molecular weight is 277 g/mol. The Balaban J connectivity index is 2.45. The molecule has 19 heavy (non-hydrogen) atoms. The van der Waals surface area contributed by atoms with Crippen LogP contribution < -0.4 is 4.90 Å². The summed E-state index contributed by atoms with van der Waals surface area (Å²) in [6, 6.07) is 0.649. The Kier molecular flexibility index (Phi) is 3.31. The molecule has 0 aliphatic carbocycles. The van der Waals surface area contributed by atoms with E-state index in [9.17, 15) is 28.4 Å². The summed E-state index contributed by atoms with van der Waals surface area (Å²) in [7, 11) is 0. The molecule has 1 aromatic rings. The van der Waals surface area contributed by atoms with Crippen molar-refractivity contribution in [2.45, 2.75) is 18.7 Å². The van der Waals surface area contributed by atoms with Gasteiger partial charge in [0.1, 0.15) is 17.6 Å². The van der Waals surface area contributed by atoms with E-state index in [2.05, 4.69) is 4.98 Å². The fraction of sp³-hybridized carbons (Fsp3) is 0.500. The van der Waals surface area contributed by atoms with Gasteiger partial charge in [0.2, 0.25) is 0 Å². The van der Waals surface area contributed by atoms with E-state index in [-0.39, 0.29) is 18.8 Å². The zero-order valence-corrected chi connectivity index (χ0v) is 9.59. The van der Waals surface area contributed by atoms with Crippen LogP contribution in [0.25, 0.3) is 0 Å². The molecule has 0 unspecified atom stereocenters. The number of β-amino-alcohol motifs (C(OH)–C–C–N with tert-alkyl or cyclic N) is 1. The average Bonchev–Trinajstić information content (AvgIpc) is 2.73. The quantitative estimate of drug-likeness (QED) is 0.655. The second-order valence-electron chi connectivity index (χ2n) is 4.20. The molecule has 0 aromatic carbocycles. The first kappa shape index (κ1) is 13.5. The molecule has 1 saturated heterocycles. The fourth-order valence-electron chi connectivity index (χ4n) is 1.95. The minimum absolute atomic E-state index is 0.0716. The van der Waals surface area contributed by atoms with Gasteiger partial charge in [0, 0.05) is 13.1 Å². The van der Waals surface area contributed by atoms with Crippen molar-refractivity contribution in [3.63, 3.8) is 0 Å². The molecule has 1 aliphatic rings. The summed E-state index contributed by atoms with van der Waals surface area (Å²) in [5.74, 6) is 0. The van der Waals surface area contributed by atoms with Crippen LogP contribution in [0.4, 0.5) is 24.5 Å². The maximum atomic E-state index is 12.6. The van der Waals surface area contributed by atoms with E-state index in [1.165, 1.54) is 4.90 Å². The molecule has 2 rings (SSSR count). The van der Waals surface area contributed by atoms with E-state index >= 15 is 0 Å². The van der Waals surface area contributed by atoms with Gasteiger partial charge in [0.25, 0.3) is 0 Å². The third-order valence-corrected chi connectivity index (χ3v) is 2.85. The Bertz CT molecular complexity index is 507. The van der Waals surface area contributed by atoms with Crippen LogP contribution in [-0.4, -0.2) is 34.2 Å². The van der Waals surface area contributed by atoms with Gasteiger partial charge in [-0.3, -0.25) is 10.1 Å². The van der Waals surface area contributed by atoms with Crippen molar-refractivity contribution in [1.29, 1.82) is 0 Å². The summed E-state index contributed by atoms with van der Waals surface area (Å²) >= 11 is 0. The zero-order valence-electron chi connectivity index (χ0n) is 9.59. The highest BCUT2D eigenvalue weighted by Gasteiger charge is 2.36. The highest BCUT2D eigenvalue weighted by atomic mass is 19.4. The lowest BCUT2D eigenvalue weighted by Crippen LogP contribution is -2.23. The van der Waals surface area contributed by atoms with Crippen LogP contribution >= 0.6 is 0 Å². The summed E-state index contributed by atoms with van der Waals surface area (Å²) in [6.07, 6.45) is -4.39. The highest BCUT2D eigenvalue weighted by molar-refractivity contribution is 5.63. The van der Waals surface area contributed by atoms with Crippen LogP contribution in [-0.2, 0) is 6.18 Å². The van der Waals surface area contributed by atoms with Gasteiger partial charge in [-0.15, -0.1) is 0 Å². The van der Waals surface area contributed by atoms with Crippen molar-refractivity contribution in [2.24, 2.45) is 0 Å². The van der Waals surface area contributed by atoms with Gasteiger partial charge in [0.15, 0.2) is 0 Å². The summed E-state index contributed by atoms with van der Waals surface area (Å²) < 4.78 is 37.7. The SMILES string of the molecule is O=[N+]([O-])c1cnc(C(F)(F)F)cc1N1CC[C@H](O)C1. The predicted octanol–water partition coefficient (Wildman–Crippen LogP) is 1.58. The van der Waals surface area contributed by atoms with E-state index in [1.807, 2.05) is 0 Å². The predicted molar refractivity (Wildman–Crippen MR) is 58.7 cm³/mol. The molecule has 0 saturated carbocycles. The van der Waals surface area contributed by atoms with Gasteiger partial charge in [-0.25, -0.2) is 4.98 Å². The van der Waals surface area contributed by atoms with Gasteiger partial charge in [-0.2, -0.15) is 13.2 Å². The Hall–Kier alpha value is -1.90. The molecule has 0 radical (unpaired) electrons. The lowest BCUT2D eigenvalue weighted by Gasteiger charge is -2.18. The monoisotopic (exact) mass is 277 g/mol. The molecule has 1 N–H and O–H groups in total. The topological polar surface area (TPSA) is 79.5 Å². The Morgan fingerprint density at radius 3 is 2.68 bits per heavy atom. The Morgan fingerprint density at radius 2 is 2.21 bits per heavy atom. The highest BCUT2D eigenvalue weighted by Crippen LogP contribution is 2.35. The Labute approximate surface area is 105 Å². The van der Waals surface area contributed by atoms with Crippen LogP contribution in [0.1, 0.15) is 12.1 Å². The second kappa shape index (κ2) is 4.65. The van der Waals surface area contributed by atoms with Gasteiger partial charge < -0.3 is 10.0 Å². The molecule has 0 bridgehead atoms. The maximum absolute atomic E-state index is 12.6. The number of halogens is 3. The van der Waals surface area contributed by atoms with Gasteiger partial charge in [0.05, 0.1) is 11.0 Å². The number of pyridine rings is 1. The van der Waals surface area contributed by atoms with Crippen LogP contribution in [0, 0.1) is 10.1 Å². The van der Waals surface area contributed by atoms with Crippen molar-refractivity contribution in [2.75, 3.05) is 18.0 Å². The number of alkyl halides is 3. The van der Waals surface area contributed by atoms with Gasteiger partial charge in [-0.1, -0.05) is 0 Å². The normalized spacial score (nSPS) is 19.8. The third kappa shape index (κ3) is 2.75. The minimum atomic E-state index is -4.66. The first-order valence-corrected chi connectivity index (χ1v) is 5.43. The number of anilines is 1. The molecule has 1 aromatic heterocycles. The van der Waals surface area contributed by atoms with Crippen molar-refractivity contribution >= 4 is 11.4 Å². The molecular weight excluding hydrogens is 267 g/mol. The van der Waals surface area contributed by atoms with E-state index < -0.39 is 28.6 Å². The van der Waals surface area contributed by atoms with Gasteiger partial charge >= 0.3 is 11.9 Å². The number of hydrogen-bond acceptors (Lipinski definition) is 5. The second-order valence-corrected chi connectivity index (χ2v) is 4.20. The number of nitrogens with zero attached hydrogens (tertiary/aromatic N) is 3. The molecular formula is C10H10F3N3O3. The molecule has 2 heterocycles. The number of aliphatic hydroxyl groups excluding tert-OH is 1. The number of aliphatic hydroxyl groups is 1. The summed E-state index contributed by atoms with van der Waals surface area (Å²) in [4.78, 5) is 14.5. The molecule has 0 amide bonds. The number of nitro groups is 1. The number of hydrogen-bond donors (Lipinski definition) is 1. The molecule has 1 atom stereocenters. The minimum Gasteiger partial charge on any atom is -0.391 e. The largest absolute Gasteiger partial charge is 0.433 e. The maximum Gasteiger partial charge on any atom is 0.433 e.